The normalized spacial score (nSPS) is 9.67. The highest BCUT2D eigenvalue weighted by Crippen LogP contribution is 2.32. The van der Waals surface area contributed by atoms with Crippen molar-refractivity contribution in [2.45, 2.75) is 0 Å². The molecule has 0 saturated heterocycles. The molecule has 0 aliphatic carbocycles. The van der Waals surface area contributed by atoms with Gasteiger partial charge in [-0.3, -0.25) is 0 Å². The highest BCUT2D eigenvalue weighted by Gasteiger charge is 2.11. The molecule has 0 aliphatic heterocycles. The zero-order valence-corrected chi connectivity index (χ0v) is 5.81. The van der Waals surface area contributed by atoms with Crippen LogP contribution in [0.3, 0.4) is 0 Å². The molecule has 0 atom stereocenters. The molecule has 1 rings (SSSR count). The van der Waals surface area contributed by atoms with Crippen LogP contribution in [0.1, 0.15) is 10.4 Å². The first-order valence-corrected chi connectivity index (χ1v) is 2.99. The Morgan fingerprint density at radius 3 is 2.17 bits per heavy atom. The Morgan fingerprint density at radius 2 is 1.75 bits per heavy atom. The molecule has 1 aromatic carbocycles. The summed E-state index contributed by atoms with van der Waals surface area (Å²) in [4.78, 5) is 10.3. The van der Waals surface area contributed by atoms with E-state index < -0.39 is 28.8 Å². The van der Waals surface area contributed by atoms with Crippen molar-refractivity contribution in [3.63, 3.8) is 0 Å². The Labute approximate surface area is 67.1 Å². The number of rotatable bonds is 1. The molecule has 0 saturated carbocycles. The molecule has 5 nitrogen and oxygen atoms in total. The predicted octanol–water partition coefficient (Wildman–Crippen LogP) is -0.130. The average Bonchev–Trinajstić information content (AvgIpc) is 1.97. The van der Waals surface area contributed by atoms with E-state index in [0.29, 0.717) is 0 Å². The first kappa shape index (κ1) is 8.19. The molecule has 0 aromatic heterocycles. The Bertz CT molecular complexity index is 331. The van der Waals surface area contributed by atoms with E-state index >= 15 is 0 Å². The van der Waals surface area contributed by atoms with Gasteiger partial charge in [-0.1, -0.05) is 0 Å². The number of hydrogen-bond donors (Lipinski definition) is 3. The maximum absolute atomic E-state index is 10.8. The molecule has 0 radical (unpaired) electrons. The smallest absolute Gasteiger partial charge is 0.338 e. The summed E-state index contributed by atoms with van der Waals surface area (Å²) in [6, 6.07) is 1.88. The maximum Gasteiger partial charge on any atom is 0.338 e. The van der Waals surface area contributed by atoms with Gasteiger partial charge in [-0.25, -0.2) is 4.79 Å². The number of aromatic hydroxyl groups is 2. The number of phenols is 2. The lowest BCUT2D eigenvalue weighted by Gasteiger charge is -2.12. The SMILES string of the molecule is O=C(O)c1c(O)ccc(O)c1[O-]. The van der Waals surface area contributed by atoms with E-state index in [1.807, 2.05) is 0 Å². The fourth-order valence-corrected chi connectivity index (χ4v) is 0.768. The number of carbonyl (C=O) groups is 1. The van der Waals surface area contributed by atoms with Gasteiger partial charge < -0.3 is 20.4 Å². The summed E-state index contributed by atoms with van der Waals surface area (Å²) in [6.07, 6.45) is 0. The number of aromatic carboxylic acids is 1. The van der Waals surface area contributed by atoms with Crippen LogP contribution in [0.4, 0.5) is 0 Å². The topological polar surface area (TPSA) is 101 Å². The Balaban J connectivity index is 3.43. The maximum atomic E-state index is 10.8. The van der Waals surface area contributed by atoms with Gasteiger partial charge in [-0.2, -0.15) is 0 Å². The molecule has 0 heterocycles. The van der Waals surface area contributed by atoms with Crippen molar-refractivity contribution >= 4 is 5.97 Å². The quantitative estimate of drug-likeness (QED) is 0.508. The number of benzene rings is 1. The number of carboxylic acid groups (broad SMARTS) is 1. The molecule has 3 N–H and O–H groups in total. The van der Waals surface area contributed by atoms with E-state index in [1.54, 1.807) is 0 Å². The lowest BCUT2D eigenvalue weighted by molar-refractivity contribution is -0.270. The van der Waals surface area contributed by atoms with Gasteiger partial charge in [0.25, 0.3) is 0 Å². The van der Waals surface area contributed by atoms with Crippen molar-refractivity contribution in [1.82, 2.24) is 0 Å². The van der Waals surface area contributed by atoms with Gasteiger partial charge in [0.2, 0.25) is 0 Å². The van der Waals surface area contributed by atoms with Crippen molar-refractivity contribution in [3.05, 3.63) is 17.7 Å². The molecule has 0 spiro atoms. The molecule has 0 amide bonds. The van der Waals surface area contributed by atoms with Crippen LogP contribution < -0.4 is 5.11 Å². The number of phenolic OH excluding ortho intramolecular Hbond substituents is 1. The second kappa shape index (κ2) is 2.61. The van der Waals surface area contributed by atoms with Gasteiger partial charge in [0.1, 0.15) is 11.5 Å². The molecule has 1 aromatic rings. The lowest BCUT2D eigenvalue weighted by atomic mass is 10.1. The van der Waals surface area contributed by atoms with E-state index in [4.69, 9.17) is 15.3 Å². The summed E-state index contributed by atoms with van der Waals surface area (Å²) in [5, 5.41) is 36.9. The monoisotopic (exact) mass is 169 g/mol. The molecule has 0 bridgehead atoms. The van der Waals surface area contributed by atoms with Gasteiger partial charge in [0.15, 0.2) is 0 Å². The van der Waals surface area contributed by atoms with E-state index in [9.17, 15) is 9.90 Å². The van der Waals surface area contributed by atoms with Crippen LogP contribution in [0.5, 0.6) is 17.2 Å². The number of hydrogen-bond acceptors (Lipinski definition) is 4. The van der Waals surface area contributed by atoms with E-state index in [1.165, 1.54) is 0 Å². The fourth-order valence-electron chi connectivity index (χ4n) is 0.768. The van der Waals surface area contributed by atoms with Crippen molar-refractivity contribution in [1.29, 1.82) is 0 Å². The molecule has 0 fully saturated rings. The molecular weight excluding hydrogens is 164 g/mol. The second-order valence-corrected chi connectivity index (χ2v) is 2.11. The van der Waals surface area contributed by atoms with Gasteiger partial charge in [0.05, 0.1) is 5.56 Å². The summed E-state index contributed by atoms with van der Waals surface area (Å²) in [6.45, 7) is 0. The molecule has 64 valence electrons. The third-order valence-corrected chi connectivity index (χ3v) is 1.33. The van der Waals surface area contributed by atoms with Gasteiger partial charge in [-0.05, 0) is 17.9 Å². The Morgan fingerprint density at radius 1 is 1.25 bits per heavy atom. The average molecular weight is 169 g/mol. The fraction of sp³-hybridized carbons (Fsp3) is 0. The van der Waals surface area contributed by atoms with Gasteiger partial charge >= 0.3 is 5.97 Å². The molecule has 0 unspecified atom stereocenters. The minimum atomic E-state index is -1.56. The van der Waals surface area contributed by atoms with E-state index in [2.05, 4.69) is 0 Å². The molecule has 0 aliphatic rings. The highest BCUT2D eigenvalue weighted by atomic mass is 16.4. The first-order chi connectivity index (χ1) is 5.54. The largest absolute Gasteiger partial charge is 0.869 e. The molecular formula is C7H5O5-. The van der Waals surface area contributed by atoms with Crippen LogP contribution in [0.25, 0.3) is 0 Å². The summed E-state index contributed by atoms with van der Waals surface area (Å²) in [5.74, 6) is -3.98. The standard InChI is InChI=1S/C7H6O5/c8-3-1-2-4(9)6(10)5(3)7(11)12/h1-2,8-10H,(H,11,12)/p-1. The summed E-state index contributed by atoms with van der Waals surface area (Å²) in [7, 11) is 0. The van der Waals surface area contributed by atoms with Crippen LogP contribution in [-0.4, -0.2) is 21.3 Å². The molecule has 12 heavy (non-hydrogen) atoms. The highest BCUT2D eigenvalue weighted by molar-refractivity contribution is 5.94. The summed E-state index contributed by atoms with van der Waals surface area (Å²) in [5.41, 5.74) is -0.810. The summed E-state index contributed by atoms with van der Waals surface area (Å²) < 4.78 is 0. The van der Waals surface area contributed by atoms with Crippen LogP contribution in [0, 0.1) is 0 Å². The summed E-state index contributed by atoms with van der Waals surface area (Å²) >= 11 is 0. The lowest BCUT2D eigenvalue weighted by Crippen LogP contribution is -2.04. The third kappa shape index (κ3) is 1.12. The van der Waals surface area contributed by atoms with Crippen molar-refractivity contribution in [2.24, 2.45) is 0 Å². The van der Waals surface area contributed by atoms with E-state index in [0.717, 1.165) is 12.1 Å². The van der Waals surface area contributed by atoms with Crippen LogP contribution in [0.2, 0.25) is 0 Å². The van der Waals surface area contributed by atoms with Crippen LogP contribution in [0.15, 0.2) is 12.1 Å². The minimum Gasteiger partial charge on any atom is -0.869 e. The van der Waals surface area contributed by atoms with Gasteiger partial charge in [0, 0.05) is 0 Å². The Hall–Kier alpha value is -1.91. The van der Waals surface area contributed by atoms with Crippen molar-refractivity contribution in [3.8, 4) is 17.2 Å². The first-order valence-electron chi connectivity index (χ1n) is 2.99. The van der Waals surface area contributed by atoms with Crippen LogP contribution in [-0.2, 0) is 0 Å². The van der Waals surface area contributed by atoms with Gasteiger partial charge in [-0.15, -0.1) is 0 Å². The minimum absolute atomic E-state index is 0.648. The van der Waals surface area contributed by atoms with Crippen molar-refractivity contribution < 1.29 is 25.2 Å². The van der Waals surface area contributed by atoms with Crippen molar-refractivity contribution in [2.75, 3.05) is 0 Å². The number of carboxylic acids is 1. The third-order valence-electron chi connectivity index (χ3n) is 1.33. The van der Waals surface area contributed by atoms with Crippen LogP contribution >= 0.6 is 0 Å². The molecule has 5 heteroatoms. The zero-order valence-electron chi connectivity index (χ0n) is 5.81. The Kier molecular flexibility index (Phi) is 1.78. The van der Waals surface area contributed by atoms with E-state index in [-0.39, 0.29) is 0 Å². The zero-order chi connectivity index (χ0) is 9.30. The predicted molar refractivity (Wildman–Crippen MR) is 36.2 cm³/mol. The second-order valence-electron chi connectivity index (χ2n) is 2.11.